The highest BCUT2D eigenvalue weighted by atomic mass is 32.1. The van der Waals surface area contributed by atoms with Crippen molar-refractivity contribution < 1.29 is 9.18 Å². The van der Waals surface area contributed by atoms with Crippen LogP contribution in [0.3, 0.4) is 0 Å². The van der Waals surface area contributed by atoms with Crippen LogP contribution in [-0.2, 0) is 0 Å². The van der Waals surface area contributed by atoms with Crippen LogP contribution >= 0.6 is 22.7 Å². The van der Waals surface area contributed by atoms with E-state index in [1.807, 2.05) is 30.3 Å². The lowest BCUT2D eigenvalue weighted by molar-refractivity contribution is 0.102. The molecule has 3 heterocycles. The Hall–Kier alpha value is -3.88. The van der Waals surface area contributed by atoms with Crippen LogP contribution in [-0.4, -0.2) is 20.3 Å². The van der Waals surface area contributed by atoms with Crippen molar-refractivity contribution in [1.82, 2.24) is 14.4 Å². The maximum Gasteiger partial charge on any atom is 0.273 e. The second kappa shape index (κ2) is 8.16. The number of carbonyl (C=O) groups excluding carboxylic acids is 1. The Balaban J connectivity index is 1.23. The molecule has 5 nitrogen and oxygen atoms in total. The molecule has 0 fully saturated rings. The SMILES string of the molecule is Cc1ccc2nc(-c3ccc(NC(=O)c4csc5nc(-c6ccc(F)cc6)cn45)cc3)sc2c1. The summed E-state index contributed by atoms with van der Waals surface area (Å²) >= 11 is 3.04. The quantitative estimate of drug-likeness (QED) is 0.292. The van der Waals surface area contributed by atoms with Crippen LogP contribution in [0, 0.1) is 12.7 Å². The topological polar surface area (TPSA) is 59.3 Å². The van der Waals surface area contributed by atoms with Gasteiger partial charge in [-0.3, -0.25) is 9.20 Å². The number of aromatic nitrogens is 3. The van der Waals surface area contributed by atoms with Crippen LogP contribution in [0.4, 0.5) is 10.1 Å². The summed E-state index contributed by atoms with van der Waals surface area (Å²) < 4.78 is 16.2. The molecule has 6 rings (SSSR count). The van der Waals surface area contributed by atoms with Crippen molar-refractivity contribution in [2.75, 3.05) is 5.32 Å². The summed E-state index contributed by atoms with van der Waals surface area (Å²) in [6.45, 7) is 2.07. The summed E-state index contributed by atoms with van der Waals surface area (Å²) in [5.41, 5.74) is 5.89. The number of hydrogen-bond acceptors (Lipinski definition) is 5. The molecule has 6 aromatic rings. The zero-order valence-corrected chi connectivity index (χ0v) is 19.6. The van der Waals surface area contributed by atoms with E-state index in [1.54, 1.807) is 39.4 Å². The Bertz CT molecular complexity index is 1660. The first-order valence-corrected chi connectivity index (χ1v) is 12.2. The first kappa shape index (κ1) is 20.7. The van der Waals surface area contributed by atoms with Crippen LogP contribution < -0.4 is 5.32 Å². The number of benzene rings is 3. The van der Waals surface area contributed by atoms with Crippen molar-refractivity contribution in [3.63, 3.8) is 0 Å². The Labute approximate surface area is 202 Å². The van der Waals surface area contributed by atoms with Crippen molar-refractivity contribution >= 4 is 49.4 Å². The van der Waals surface area contributed by atoms with E-state index in [2.05, 4.69) is 29.4 Å². The third kappa shape index (κ3) is 3.76. The minimum Gasteiger partial charge on any atom is -0.321 e. The van der Waals surface area contributed by atoms with Crippen LogP contribution in [0.5, 0.6) is 0 Å². The molecule has 1 N–H and O–H groups in total. The van der Waals surface area contributed by atoms with Gasteiger partial charge < -0.3 is 5.32 Å². The van der Waals surface area contributed by atoms with E-state index in [0.29, 0.717) is 22.0 Å². The van der Waals surface area contributed by atoms with E-state index in [4.69, 9.17) is 4.98 Å². The summed E-state index contributed by atoms with van der Waals surface area (Å²) in [5, 5.41) is 5.69. The standard InChI is InChI=1S/C26H17FN4OS2/c1-15-2-11-20-23(12-15)34-25(29-20)17-5-9-19(10-6-17)28-24(32)22-14-33-26-30-21(13-31(22)26)16-3-7-18(27)8-4-16/h2-14H,1H3,(H,28,32). The van der Waals surface area contributed by atoms with Crippen molar-refractivity contribution in [1.29, 1.82) is 0 Å². The van der Waals surface area contributed by atoms with Crippen LogP contribution in [0.1, 0.15) is 16.1 Å². The predicted molar refractivity (Wildman–Crippen MR) is 136 cm³/mol. The third-order valence-corrected chi connectivity index (χ3v) is 7.42. The van der Waals surface area contributed by atoms with E-state index < -0.39 is 0 Å². The molecule has 0 atom stereocenters. The van der Waals surface area contributed by atoms with Gasteiger partial charge in [-0.05, 0) is 73.2 Å². The molecule has 0 spiro atoms. The van der Waals surface area contributed by atoms with Crippen molar-refractivity contribution in [2.45, 2.75) is 6.92 Å². The van der Waals surface area contributed by atoms with Crippen molar-refractivity contribution in [3.8, 4) is 21.8 Å². The molecule has 0 aliphatic heterocycles. The molecule has 8 heteroatoms. The van der Waals surface area contributed by atoms with Gasteiger partial charge in [0.15, 0.2) is 4.96 Å². The number of carbonyl (C=O) groups is 1. The molecule has 3 aromatic heterocycles. The van der Waals surface area contributed by atoms with Gasteiger partial charge in [-0.25, -0.2) is 14.4 Å². The number of aryl methyl sites for hydroxylation is 1. The van der Waals surface area contributed by atoms with Crippen LogP contribution in [0.25, 0.3) is 37.0 Å². The number of amides is 1. The Kier molecular flexibility index (Phi) is 4.97. The number of nitrogens with one attached hydrogen (secondary N) is 1. The second-order valence-electron chi connectivity index (χ2n) is 7.93. The molecule has 34 heavy (non-hydrogen) atoms. The Morgan fingerprint density at radius 1 is 0.971 bits per heavy atom. The van der Waals surface area contributed by atoms with E-state index in [0.717, 1.165) is 26.4 Å². The number of halogens is 1. The van der Waals surface area contributed by atoms with Gasteiger partial charge in [0.1, 0.15) is 16.5 Å². The lowest BCUT2D eigenvalue weighted by Gasteiger charge is -2.05. The van der Waals surface area contributed by atoms with E-state index in [9.17, 15) is 9.18 Å². The zero-order chi connectivity index (χ0) is 23.2. The lowest BCUT2D eigenvalue weighted by atomic mass is 10.2. The second-order valence-corrected chi connectivity index (χ2v) is 9.80. The number of hydrogen-bond donors (Lipinski definition) is 1. The normalized spacial score (nSPS) is 11.4. The molecule has 0 bridgehead atoms. The minimum absolute atomic E-state index is 0.225. The molecule has 3 aromatic carbocycles. The average molecular weight is 485 g/mol. The zero-order valence-electron chi connectivity index (χ0n) is 17.9. The monoisotopic (exact) mass is 484 g/mol. The maximum absolute atomic E-state index is 13.2. The van der Waals surface area contributed by atoms with Gasteiger partial charge in [0.05, 0.1) is 15.9 Å². The summed E-state index contributed by atoms with van der Waals surface area (Å²) in [6.07, 6.45) is 1.80. The van der Waals surface area contributed by atoms with E-state index in [-0.39, 0.29) is 11.7 Å². The Morgan fingerprint density at radius 2 is 1.74 bits per heavy atom. The van der Waals surface area contributed by atoms with Gasteiger partial charge in [0.25, 0.3) is 5.91 Å². The molecule has 0 saturated heterocycles. The Morgan fingerprint density at radius 3 is 2.53 bits per heavy atom. The molecule has 0 saturated carbocycles. The molecule has 0 radical (unpaired) electrons. The molecule has 0 aliphatic rings. The number of anilines is 1. The number of rotatable bonds is 4. The van der Waals surface area contributed by atoms with Gasteiger partial charge >= 0.3 is 0 Å². The molecular formula is C26H17FN4OS2. The highest BCUT2D eigenvalue weighted by Crippen LogP contribution is 2.31. The smallest absolute Gasteiger partial charge is 0.273 e. The molecule has 0 unspecified atom stereocenters. The van der Waals surface area contributed by atoms with Gasteiger partial charge in [0, 0.05) is 28.4 Å². The molecule has 166 valence electrons. The van der Waals surface area contributed by atoms with E-state index >= 15 is 0 Å². The third-order valence-electron chi connectivity index (χ3n) is 5.52. The van der Waals surface area contributed by atoms with Gasteiger partial charge in [-0.1, -0.05) is 6.07 Å². The highest BCUT2D eigenvalue weighted by Gasteiger charge is 2.16. The van der Waals surface area contributed by atoms with E-state index in [1.165, 1.54) is 29.0 Å². The maximum atomic E-state index is 13.2. The number of thiazole rings is 2. The number of fused-ring (bicyclic) bond motifs is 2. The van der Waals surface area contributed by atoms with Gasteiger partial charge in [0.2, 0.25) is 0 Å². The van der Waals surface area contributed by atoms with Crippen molar-refractivity contribution in [2.24, 2.45) is 0 Å². The predicted octanol–water partition coefficient (Wildman–Crippen LogP) is 7.04. The summed E-state index contributed by atoms with van der Waals surface area (Å²) in [4.78, 5) is 23.0. The molecule has 0 aliphatic carbocycles. The summed E-state index contributed by atoms with van der Waals surface area (Å²) in [6, 6.07) is 20.1. The number of nitrogens with zero attached hydrogens (tertiary/aromatic N) is 3. The van der Waals surface area contributed by atoms with Crippen LogP contribution in [0.2, 0.25) is 0 Å². The minimum atomic E-state index is -0.297. The molecular weight excluding hydrogens is 467 g/mol. The first-order chi connectivity index (χ1) is 16.5. The fourth-order valence-corrected chi connectivity index (χ4v) is 5.68. The summed E-state index contributed by atoms with van der Waals surface area (Å²) in [7, 11) is 0. The fourth-order valence-electron chi connectivity index (χ4n) is 3.75. The fraction of sp³-hybridized carbons (Fsp3) is 0.0385. The summed E-state index contributed by atoms with van der Waals surface area (Å²) in [5.74, 6) is -0.522. The van der Waals surface area contributed by atoms with Crippen LogP contribution in [0.15, 0.2) is 78.3 Å². The lowest BCUT2D eigenvalue weighted by Crippen LogP contribution is -2.13. The highest BCUT2D eigenvalue weighted by molar-refractivity contribution is 7.21. The number of imidazole rings is 1. The molecule has 1 amide bonds. The van der Waals surface area contributed by atoms with Crippen molar-refractivity contribution in [3.05, 3.63) is 95.4 Å². The average Bonchev–Trinajstić information content (AvgIpc) is 3.54. The largest absolute Gasteiger partial charge is 0.321 e. The van der Waals surface area contributed by atoms with Gasteiger partial charge in [-0.15, -0.1) is 22.7 Å². The first-order valence-electron chi connectivity index (χ1n) is 10.5. The van der Waals surface area contributed by atoms with Gasteiger partial charge in [-0.2, -0.15) is 0 Å².